The standard InChI is InChI=1S/C38H58N2O2S/c1-5-6-7-8-9-10-11-12-13-14-15-16-17-18-26-42-36-29-34(38(2,3)4)22-21-33(36)28-37(41)39-35-23-19-32(20-24-35)30-40-25-27-43-31-40/h19-25,27,29H,5-18,26,28,30-31H2,1-4H3,(H,39,41). The Morgan fingerprint density at radius 1 is 0.837 bits per heavy atom. The van der Waals surface area contributed by atoms with Crippen LogP contribution in [0.3, 0.4) is 0 Å². The molecule has 0 aromatic heterocycles. The summed E-state index contributed by atoms with van der Waals surface area (Å²) in [6.07, 6.45) is 21.3. The van der Waals surface area contributed by atoms with E-state index in [-0.39, 0.29) is 11.3 Å². The molecule has 238 valence electrons. The van der Waals surface area contributed by atoms with Crippen molar-refractivity contribution in [3.05, 3.63) is 70.8 Å². The molecule has 5 heteroatoms. The van der Waals surface area contributed by atoms with Crippen LogP contribution in [0.5, 0.6) is 5.75 Å². The third-order valence-electron chi connectivity index (χ3n) is 8.27. The summed E-state index contributed by atoms with van der Waals surface area (Å²) in [6, 6.07) is 14.5. The highest BCUT2D eigenvalue weighted by atomic mass is 32.2. The van der Waals surface area contributed by atoms with Crippen molar-refractivity contribution in [2.24, 2.45) is 0 Å². The second-order valence-corrected chi connectivity index (χ2v) is 14.1. The van der Waals surface area contributed by atoms with E-state index in [2.05, 4.69) is 79.9 Å². The van der Waals surface area contributed by atoms with Gasteiger partial charge >= 0.3 is 0 Å². The maximum absolute atomic E-state index is 13.0. The van der Waals surface area contributed by atoms with Crippen LogP contribution >= 0.6 is 11.8 Å². The summed E-state index contributed by atoms with van der Waals surface area (Å²) in [4.78, 5) is 15.3. The lowest BCUT2D eigenvalue weighted by Gasteiger charge is -2.21. The van der Waals surface area contributed by atoms with Crippen molar-refractivity contribution in [3.63, 3.8) is 0 Å². The normalized spacial score (nSPS) is 13.1. The molecule has 1 amide bonds. The highest BCUT2D eigenvalue weighted by Crippen LogP contribution is 2.30. The second kappa shape index (κ2) is 19.8. The van der Waals surface area contributed by atoms with Gasteiger partial charge in [-0.1, -0.05) is 135 Å². The largest absolute Gasteiger partial charge is 0.493 e. The Bertz CT molecular complexity index is 1090. The molecule has 0 saturated heterocycles. The lowest BCUT2D eigenvalue weighted by Crippen LogP contribution is -2.17. The lowest BCUT2D eigenvalue weighted by atomic mass is 9.86. The van der Waals surface area contributed by atoms with Crippen molar-refractivity contribution in [1.82, 2.24) is 4.90 Å². The third-order valence-corrected chi connectivity index (χ3v) is 9.07. The van der Waals surface area contributed by atoms with Crippen molar-refractivity contribution in [2.45, 2.75) is 136 Å². The SMILES string of the molecule is CCCCCCCCCCCCCCCCOc1cc(C(C)(C)C)ccc1CC(=O)Nc1ccc(CN2C=CSC2)cc1. The monoisotopic (exact) mass is 606 g/mol. The molecule has 2 aromatic rings. The summed E-state index contributed by atoms with van der Waals surface area (Å²) in [5.41, 5.74) is 4.28. The molecule has 1 heterocycles. The molecule has 0 spiro atoms. The van der Waals surface area contributed by atoms with Crippen molar-refractivity contribution < 1.29 is 9.53 Å². The van der Waals surface area contributed by atoms with Gasteiger partial charge in [-0.3, -0.25) is 4.79 Å². The van der Waals surface area contributed by atoms with E-state index >= 15 is 0 Å². The molecule has 1 N–H and O–H groups in total. The predicted molar refractivity (Wildman–Crippen MR) is 187 cm³/mol. The number of carbonyl (C=O) groups is 1. The number of anilines is 1. The molecule has 4 nitrogen and oxygen atoms in total. The molecular formula is C38H58N2O2S. The zero-order chi connectivity index (χ0) is 30.8. The Morgan fingerprint density at radius 3 is 2.00 bits per heavy atom. The summed E-state index contributed by atoms with van der Waals surface area (Å²) in [5, 5.41) is 5.20. The fraction of sp³-hybridized carbons (Fsp3) is 0.605. The Kier molecular flexibility index (Phi) is 16.1. The number of amides is 1. The number of benzene rings is 2. The number of hydrogen-bond donors (Lipinski definition) is 1. The van der Waals surface area contributed by atoms with E-state index in [1.165, 1.54) is 94.6 Å². The first-order chi connectivity index (χ1) is 20.8. The Hall–Kier alpha value is -2.40. The van der Waals surface area contributed by atoms with Crippen LogP contribution < -0.4 is 10.1 Å². The highest BCUT2D eigenvalue weighted by molar-refractivity contribution is 8.02. The highest BCUT2D eigenvalue weighted by Gasteiger charge is 2.18. The van der Waals surface area contributed by atoms with E-state index in [1.807, 2.05) is 23.9 Å². The van der Waals surface area contributed by atoms with Gasteiger partial charge < -0.3 is 15.0 Å². The molecule has 0 aliphatic carbocycles. The Labute approximate surface area is 267 Å². The van der Waals surface area contributed by atoms with Crippen LogP contribution in [0.1, 0.15) is 134 Å². The van der Waals surface area contributed by atoms with Gasteiger partial charge in [-0.25, -0.2) is 0 Å². The summed E-state index contributed by atoms with van der Waals surface area (Å²) in [6.45, 7) is 10.5. The van der Waals surface area contributed by atoms with Crippen LogP contribution in [0.2, 0.25) is 0 Å². The molecule has 2 aromatic carbocycles. The average Bonchev–Trinajstić information content (AvgIpc) is 3.49. The van der Waals surface area contributed by atoms with Crippen LogP contribution in [0, 0.1) is 0 Å². The first-order valence-electron chi connectivity index (χ1n) is 17.0. The van der Waals surface area contributed by atoms with Gasteiger partial charge in [0.05, 0.1) is 18.9 Å². The molecule has 0 fully saturated rings. The van der Waals surface area contributed by atoms with Crippen molar-refractivity contribution in [2.75, 3.05) is 17.8 Å². The van der Waals surface area contributed by atoms with Gasteiger partial charge in [0, 0.05) is 24.0 Å². The molecule has 43 heavy (non-hydrogen) atoms. The number of ether oxygens (including phenoxy) is 1. The third kappa shape index (κ3) is 14.3. The van der Waals surface area contributed by atoms with Crippen LogP contribution in [0.25, 0.3) is 0 Å². The van der Waals surface area contributed by atoms with Gasteiger partial charge in [0.15, 0.2) is 0 Å². The molecule has 1 aliphatic rings. The quantitative estimate of drug-likeness (QED) is 0.144. The van der Waals surface area contributed by atoms with Gasteiger partial charge in [-0.15, -0.1) is 11.8 Å². The van der Waals surface area contributed by atoms with Crippen molar-refractivity contribution >= 4 is 23.4 Å². The molecule has 0 saturated carbocycles. The lowest BCUT2D eigenvalue weighted by molar-refractivity contribution is -0.115. The van der Waals surface area contributed by atoms with E-state index < -0.39 is 0 Å². The van der Waals surface area contributed by atoms with Gasteiger partial charge in [-0.05, 0) is 46.6 Å². The summed E-state index contributed by atoms with van der Waals surface area (Å²) < 4.78 is 6.32. The number of nitrogens with zero attached hydrogens (tertiary/aromatic N) is 1. The van der Waals surface area contributed by atoms with Crippen LogP contribution in [-0.2, 0) is 23.2 Å². The molecule has 0 radical (unpaired) electrons. The van der Waals surface area contributed by atoms with E-state index in [0.717, 1.165) is 35.8 Å². The van der Waals surface area contributed by atoms with Gasteiger partial charge in [0.25, 0.3) is 0 Å². The minimum absolute atomic E-state index is 0.0172. The molecule has 3 rings (SSSR count). The predicted octanol–water partition coefficient (Wildman–Crippen LogP) is 11.0. The number of nitrogens with one attached hydrogen (secondary N) is 1. The van der Waals surface area contributed by atoms with Crippen molar-refractivity contribution in [1.29, 1.82) is 0 Å². The summed E-state index contributed by atoms with van der Waals surface area (Å²) in [5.74, 6) is 1.83. The maximum Gasteiger partial charge on any atom is 0.228 e. The number of rotatable bonds is 21. The van der Waals surface area contributed by atoms with Gasteiger partial charge in [0.1, 0.15) is 5.75 Å². The zero-order valence-corrected chi connectivity index (χ0v) is 28.4. The van der Waals surface area contributed by atoms with E-state index in [9.17, 15) is 4.79 Å². The first kappa shape index (κ1) is 35.1. The van der Waals surface area contributed by atoms with E-state index in [4.69, 9.17) is 4.74 Å². The molecule has 0 unspecified atom stereocenters. The molecule has 0 atom stereocenters. The first-order valence-corrected chi connectivity index (χ1v) is 18.1. The smallest absolute Gasteiger partial charge is 0.228 e. The van der Waals surface area contributed by atoms with Crippen LogP contribution in [0.15, 0.2) is 54.1 Å². The number of thioether (sulfide) groups is 1. The molecule has 0 bridgehead atoms. The van der Waals surface area contributed by atoms with Crippen LogP contribution in [0.4, 0.5) is 5.69 Å². The van der Waals surface area contributed by atoms with Crippen LogP contribution in [-0.4, -0.2) is 23.3 Å². The van der Waals surface area contributed by atoms with Gasteiger partial charge in [0.2, 0.25) is 5.91 Å². The number of unbranched alkanes of at least 4 members (excludes halogenated alkanes) is 13. The Balaban J connectivity index is 1.37. The molecule has 1 aliphatic heterocycles. The van der Waals surface area contributed by atoms with Crippen molar-refractivity contribution in [3.8, 4) is 5.75 Å². The number of carbonyl (C=O) groups excluding carboxylic acids is 1. The fourth-order valence-corrected chi connectivity index (χ4v) is 6.21. The summed E-state index contributed by atoms with van der Waals surface area (Å²) in [7, 11) is 0. The second-order valence-electron chi connectivity index (χ2n) is 13.3. The fourth-order valence-electron chi connectivity index (χ4n) is 5.50. The van der Waals surface area contributed by atoms with Gasteiger partial charge in [-0.2, -0.15) is 0 Å². The minimum Gasteiger partial charge on any atom is -0.493 e. The Morgan fingerprint density at radius 2 is 1.44 bits per heavy atom. The van der Waals surface area contributed by atoms with E-state index in [1.54, 1.807) is 0 Å². The topological polar surface area (TPSA) is 41.6 Å². The maximum atomic E-state index is 13.0. The number of hydrogen-bond acceptors (Lipinski definition) is 4. The summed E-state index contributed by atoms with van der Waals surface area (Å²) >= 11 is 1.81. The van der Waals surface area contributed by atoms with E-state index in [0.29, 0.717) is 13.0 Å². The zero-order valence-electron chi connectivity index (χ0n) is 27.6. The molecular weight excluding hydrogens is 548 g/mol. The average molecular weight is 607 g/mol. The minimum atomic E-state index is -0.0172.